The first-order valence-corrected chi connectivity index (χ1v) is 8.92. The molecule has 0 aliphatic rings. The summed E-state index contributed by atoms with van der Waals surface area (Å²) >= 11 is 7.36. The van der Waals surface area contributed by atoms with E-state index in [1.54, 1.807) is 30.3 Å². The van der Waals surface area contributed by atoms with E-state index < -0.39 is 11.9 Å². The fourth-order valence-electron chi connectivity index (χ4n) is 1.96. The van der Waals surface area contributed by atoms with Crippen LogP contribution >= 0.6 is 23.4 Å². The number of rotatable bonds is 7. The van der Waals surface area contributed by atoms with Crippen molar-refractivity contribution < 1.29 is 23.8 Å². The monoisotopic (exact) mass is 392 g/mol. The molecule has 0 fully saturated rings. The van der Waals surface area contributed by atoms with E-state index in [9.17, 15) is 9.59 Å². The maximum absolute atomic E-state index is 12.1. The van der Waals surface area contributed by atoms with E-state index >= 15 is 0 Å². The van der Waals surface area contributed by atoms with Crippen LogP contribution in [0.4, 0.5) is 0 Å². The van der Waals surface area contributed by atoms with E-state index in [0.717, 1.165) is 4.90 Å². The number of ether oxygens (including phenoxy) is 3. The first kappa shape index (κ1) is 19.9. The Hall–Kier alpha value is -2.44. The van der Waals surface area contributed by atoms with Crippen LogP contribution in [0.15, 0.2) is 53.4 Å². The highest BCUT2D eigenvalue weighted by atomic mass is 35.5. The van der Waals surface area contributed by atoms with Crippen LogP contribution in [0.5, 0.6) is 11.5 Å². The van der Waals surface area contributed by atoms with Crippen LogP contribution in [0.3, 0.4) is 0 Å². The highest BCUT2D eigenvalue weighted by Crippen LogP contribution is 2.30. The molecule has 0 aliphatic heterocycles. The minimum atomic E-state index is -0.462. The first-order chi connectivity index (χ1) is 12.5. The molecule has 0 radical (unpaired) electrons. The van der Waals surface area contributed by atoms with Crippen molar-refractivity contribution in [3.8, 4) is 11.5 Å². The average Bonchev–Trinajstić information content (AvgIpc) is 2.66. The van der Waals surface area contributed by atoms with Gasteiger partial charge in [-0.15, -0.1) is 11.8 Å². The Morgan fingerprint density at radius 1 is 1.12 bits per heavy atom. The highest BCUT2D eigenvalue weighted by Gasteiger charge is 2.12. The SMILES string of the molecule is COC(=O)/C=C/c1ccc(OC(=O)CSc2ccccc2Cl)c(OC)c1. The molecule has 0 saturated carbocycles. The predicted molar refractivity (Wildman–Crippen MR) is 102 cm³/mol. The molecule has 0 heterocycles. The number of halogens is 1. The average molecular weight is 393 g/mol. The molecule has 0 N–H and O–H groups in total. The van der Waals surface area contributed by atoms with Crippen LogP contribution in [-0.2, 0) is 14.3 Å². The molecule has 0 aromatic heterocycles. The normalized spacial score (nSPS) is 10.6. The number of esters is 2. The third-order valence-corrected chi connectivity index (χ3v) is 4.70. The summed E-state index contributed by atoms with van der Waals surface area (Å²) in [4.78, 5) is 24.0. The maximum atomic E-state index is 12.1. The van der Waals surface area contributed by atoms with Gasteiger partial charge in [-0.25, -0.2) is 4.79 Å². The number of carbonyl (C=O) groups excluding carboxylic acids is 2. The van der Waals surface area contributed by atoms with Gasteiger partial charge in [0, 0.05) is 11.0 Å². The molecule has 5 nitrogen and oxygen atoms in total. The number of thioether (sulfide) groups is 1. The molecule has 2 rings (SSSR count). The second-order valence-electron chi connectivity index (χ2n) is 4.96. The van der Waals surface area contributed by atoms with Crippen molar-refractivity contribution in [1.82, 2.24) is 0 Å². The molecule has 2 aromatic carbocycles. The Labute approximate surface area is 160 Å². The van der Waals surface area contributed by atoms with Crippen molar-refractivity contribution in [1.29, 1.82) is 0 Å². The molecule has 0 spiro atoms. The third-order valence-electron chi connectivity index (χ3n) is 3.21. The Morgan fingerprint density at radius 3 is 2.58 bits per heavy atom. The van der Waals surface area contributed by atoms with Crippen LogP contribution in [0.1, 0.15) is 5.56 Å². The van der Waals surface area contributed by atoms with Crippen molar-refractivity contribution in [2.45, 2.75) is 4.90 Å². The van der Waals surface area contributed by atoms with Gasteiger partial charge in [-0.3, -0.25) is 4.79 Å². The van der Waals surface area contributed by atoms with Gasteiger partial charge in [0.25, 0.3) is 0 Å². The van der Waals surface area contributed by atoms with Gasteiger partial charge < -0.3 is 14.2 Å². The Balaban J connectivity index is 2.01. The van der Waals surface area contributed by atoms with Crippen LogP contribution in [-0.4, -0.2) is 31.9 Å². The third kappa shape index (κ3) is 5.82. The number of benzene rings is 2. The number of hydrogen-bond acceptors (Lipinski definition) is 6. The Kier molecular flexibility index (Phi) is 7.56. The largest absolute Gasteiger partial charge is 0.493 e. The van der Waals surface area contributed by atoms with Gasteiger partial charge in [0.2, 0.25) is 0 Å². The molecule has 0 bridgehead atoms. The number of hydrogen-bond donors (Lipinski definition) is 0. The second kappa shape index (κ2) is 9.89. The molecule has 0 saturated heterocycles. The topological polar surface area (TPSA) is 61.8 Å². The van der Waals surface area contributed by atoms with Crippen molar-refractivity contribution in [3.63, 3.8) is 0 Å². The smallest absolute Gasteiger partial charge is 0.330 e. The van der Waals surface area contributed by atoms with Crippen molar-refractivity contribution >= 4 is 41.4 Å². The van der Waals surface area contributed by atoms with E-state index in [1.165, 1.54) is 32.1 Å². The van der Waals surface area contributed by atoms with E-state index in [2.05, 4.69) is 4.74 Å². The minimum Gasteiger partial charge on any atom is -0.493 e. The quantitative estimate of drug-likeness (QED) is 0.304. The standard InChI is InChI=1S/C19H17ClO5S/c1-23-16-11-13(8-10-18(21)24-2)7-9-15(16)25-19(22)12-26-17-6-4-3-5-14(17)20/h3-11H,12H2,1-2H3/b10-8+. The summed E-state index contributed by atoms with van der Waals surface area (Å²) in [6.07, 6.45) is 2.87. The zero-order valence-electron chi connectivity index (χ0n) is 14.2. The summed E-state index contributed by atoms with van der Waals surface area (Å²) in [6.45, 7) is 0. The molecule has 0 atom stereocenters. The zero-order valence-corrected chi connectivity index (χ0v) is 15.8. The molecule has 26 heavy (non-hydrogen) atoms. The van der Waals surface area contributed by atoms with E-state index in [-0.39, 0.29) is 5.75 Å². The van der Waals surface area contributed by atoms with E-state index in [4.69, 9.17) is 21.1 Å². The molecular formula is C19H17ClO5S. The fourth-order valence-corrected chi connectivity index (χ4v) is 2.97. The van der Waals surface area contributed by atoms with Gasteiger partial charge in [0.1, 0.15) is 0 Å². The molecule has 2 aromatic rings. The summed E-state index contributed by atoms with van der Waals surface area (Å²) in [7, 11) is 2.77. The zero-order chi connectivity index (χ0) is 18.9. The minimum absolute atomic E-state index is 0.108. The number of methoxy groups -OCH3 is 2. The summed E-state index contributed by atoms with van der Waals surface area (Å²) in [5.74, 6) is -0.0978. The molecule has 0 amide bonds. The summed E-state index contributed by atoms with van der Waals surface area (Å²) in [5.41, 5.74) is 0.706. The van der Waals surface area contributed by atoms with E-state index in [1.807, 2.05) is 18.2 Å². The van der Waals surface area contributed by atoms with Gasteiger partial charge >= 0.3 is 11.9 Å². The highest BCUT2D eigenvalue weighted by molar-refractivity contribution is 8.00. The summed E-state index contributed by atoms with van der Waals surface area (Å²) < 4.78 is 15.1. The van der Waals surface area contributed by atoms with Crippen molar-refractivity contribution in [2.75, 3.05) is 20.0 Å². The van der Waals surface area contributed by atoms with Gasteiger partial charge in [0.15, 0.2) is 11.5 Å². The summed E-state index contributed by atoms with van der Waals surface area (Å²) in [6, 6.07) is 12.2. The van der Waals surface area contributed by atoms with Crippen LogP contribution in [0.2, 0.25) is 5.02 Å². The Morgan fingerprint density at radius 2 is 1.88 bits per heavy atom. The lowest BCUT2D eigenvalue weighted by Crippen LogP contribution is -2.11. The molecular weight excluding hydrogens is 376 g/mol. The van der Waals surface area contributed by atoms with Gasteiger partial charge in [-0.1, -0.05) is 29.8 Å². The van der Waals surface area contributed by atoms with Crippen LogP contribution in [0.25, 0.3) is 6.08 Å². The van der Waals surface area contributed by atoms with Gasteiger partial charge in [0.05, 0.1) is 25.0 Å². The second-order valence-corrected chi connectivity index (χ2v) is 6.38. The molecule has 7 heteroatoms. The van der Waals surface area contributed by atoms with Crippen LogP contribution in [0, 0.1) is 0 Å². The van der Waals surface area contributed by atoms with Gasteiger partial charge in [-0.2, -0.15) is 0 Å². The molecule has 136 valence electrons. The first-order valence-electron chi connectivity index (χ1n) is 7.55. The lowest BCUT2D eigenvalue weighted by atomic mass is 10.2. The fraction of sp³-hybridized carbons (Fsp3) is 0.158. The molecule has 0 aliphatic carbocycles. The molecule has 0 unspecified atom stereocenters. The lowest BCUT2D eigenvalue weighted by Gasteiger charge is -2.10. The maximum Gasteiger partial charge on any atom is 0.330 e. The van der Waals surface area contributed by atoms with Crippen LogP contribution < -0.4 is 9.47 Å². The number of carbonyl (C=O) groups is 2. The van der Waals surface area contributed by atoms with E-state index in [0.29, 0.717) is 22.1 Å². The summed E-state index contributed by atoms with van der Waals surface area (Å²) in [5, 5.41) is 0.588. The van der Waals surface area contributed by atoms with Gasteiger partial charge in [-0.05, 0) is 35.9 Å². The predicted octanol–water partition coefficient (Wildman–Crippen LogP) is 4.23. The van der Waals surface area contributed by atoms with Crippen molar-refractivity contribution in [2.24, 2.45) is 0 Å². The Bertz CT molecular complexity index is 819. The lowest BCUT2D eigenvalue weighted by molar-refractivity contribution is -0.135. The van der Waals surface area contributed by atoms with Crippen molar-refractivity contribution in [3.05, 3.63) is 59.1 Å².